The van der Waals surface area contributed by atoms with Crippen LogP contribution in [0.4, 0.5) is 10.1 Å². The summed E-state index contributed by atoms with van der Waals surface area (Å²) in [6.45, 7) is 1.93. The number of fused-ring (bicyclic) bond motifs is 1. The highest BCUT2D eigenvalue weighted by molar-refractivity contribution is 7.99. The summed E-state index contributed by atoms with van der Waals surface area (Å²) in [6, 6.07) is 13.7. The number of nitrogens with one attached hydrogen (secondary N) is 1. The molecule has 0 fully saturated rings. The highest BCUT2D eigenvalue weighted by Crippen LogP contribution is 2.40. The van der Waals surface area contributed by atoms with Gasteiger partial charge in [0.1, 0.15) is 5.82 Å². The molecule has 1 N–H and O–H groups in total. The number of halogens is 1. The van der Waals surface area contributed by atoms with E-state index in [1.165, 1.54) is 16.5 Å². The molecule has 3 rings (SSSR count). The molecule has 1 atom stereocenters. The van der Waals surface area contributed by atoms with E-state index in [-0.39, 0.29) is 11.9 Å². The van der Waals surface area contributed by atoms with Crippen LogP contribution in [0, 0.1) is 12.7 Å². The fourth-order valence-electron chi connectivity index (χ4n) is 2.27. The molecule has 1 aliphatic rings. The molecule has 0 aromatic heterocycles. The van der Waals surface area contributed by atoms with Gasteiger partial charge in [0.15, 0.2) is 0 Å². The fraction of sp³-hybridized carbons (Fsp3) is 0.200. The number of para-hydroxylation sites is 1. The third-order valence-electron chi connectivity index (χ3n) is 3.24. The van der Waals surface area contributed by atoms with E-state index in [0.717, 1.165) is 11.3 Å². The molecular weight excluding hydrogens is 245 g/mol. The predicted octanol–water partition coefficient (Wildman–Crippen LogP) is 4.39. The Bertz CT molecular complexity index is 562. The van der Waals surface area contributed by atoms with E-state index in [0.29, 0.717) is 5.69 Å². The lowest BCUT2D eigenvalue weighted by atomic mass is 10.1. The third kappa shape index (κ3) is 1.99. The highest BCUT2D eigenvalue weighted by atomic mass is 32.2. The molecule has 0 amide bonds. The van der Waals surface area contributed by atoms with Crippen LogP contribution in [-0.2, 0) is 0 Å². The van der Waals surface area contributed by atoms with Crippen LogP contribution in [0.2, 0.25) is 0 Å². The van der Waals surface area contributed by atoms with Crippen molar-refractivity contribution in [3.63, 3.8) is 0 Å². The first kappa shape index (κ1) is 11.6. The quantitative estimate of drug-likeness (QED) is 0.858. The van der Waals surface area contributed by atoms with Crippen LogP contribution in [0.5, 0.6) is 0 Å². The predicted molar refractivity (Wildman–Crippen MR) is 74.7 cm³/mol. The molecule has 1 nitrogen and oxygen atoms in total. The molecule has 3 heteroatoms. The number of thioether (sulfide) groups is 1. The Morgan fingerprint density at radius 3 is 2.83 bits per heavy atom. The summed E-state index contributed by atoms with van der Waals surface area (Å²) in [6.07, 6.45) is 0. The van der Waals surface area contributed by atoms with Crippen molar-refractivity contribution in [1.29, 1.82) is 0 Å². The largest absolute Gasteiger partial charge is 0.375 e. The van der Waals surface area contributed by atoms with Gasteiger partial charge in [0.2, 0.25) is 0 Å². The summed E-state index contributed by atoms with van der Waals surface area (Å²) in [4.78, 5) is 1.30. The topological polar surface area (TPSA) is 12.0 Å². The summed E-state index contributed by atoms with van der Waals surface area (Å²) in [7, 11) is 0. The standard InChI is InChI=1S/C15H14FNS/c1-10-5-4-7-12(16)15(10)17-13-9-18-14-8-3-2-6-11(13)14/h2-8,13,17H,9H2,1H3. The first-order valence-corrected chi connectivity index (χ1v) is 6.97. The van der Waals surface area contributed by atoms with Gasteiger partial charge in [0.05, 0.1) is 11.7 Å². The van der Waals surface area contributed by atoms with Crippen LogP contribution >= 0.6 is 11.8 Å². The van der Waals surface area contributed by atoms with Crippen LogP contribution in [0.3, 0.4) is 0 Å². The molecule has 1 unspecified atom stereocenters. The van der Waals surface area contributed by atoms with Crippen molar-refractivity contribution in [3.05, 3.63) is 59.4 Å². The second-order valence-corrected chi connectivity index (χ2v) is 5.54. The molecule has 0 spiro atoms. The Balaban J connectivity index is 1.91. The lowest BCUT2D eigenvalue weighted by Crippen LogP contribution is -2.11. The number of benzene rings is 2. The maximum atomic E-state index is 13.8. The lowest BCUT2D eigenvalue weighted by molar-refractivity contribution is 0.626. The first-order valence-electron chi connectivity index (χ1n) is 5.99. The molecule has 0 bridgehead atoms. The van der Waals surface area contributed by atoms with Gasteiger partial charge in [-0.3, -0.25) is 0 Å². The molecule has 1 aliphatic heterocycles. The zero-order chi connectivity index (χ0) is 12.5. The van der Waals surface area contributed by atoms with Gasteiger partial charge >= 0.3 is 0 Å². The smallest absolute Gasteiger partial charge is 0.146 e. The average molecular weight is 259 g/mol. The molecule has 92 valence electrons. The van der Waals surface area contributed by atoms with Crippen molar-refractivity contribution in [2.45, 2.75) is 17.9 Å². The summed E-state index contributed by atoms with van der Waals surface area (Å²) < 4.78 is 13.8. The van der Waals surface area contributed by atoms with Crippen molar-refractivity contribution in [1.82, 2.24) is 0 Å². The van der Waals surface area contributed by atoms with Crippen molar-refractivity contribution in [2.24, 2.45) is 0 Å². The van der Waals surface area contributed by atoms with Crippen molar-refractivity contribution in [3.8, 4) is 0 Å². The van der Waals surface area contributed by atoms with Gasteiger partial charge < -0.3 is 5.32 Å². The van der Waals surface area contributed by atoms with Crippen LogP contribution in [-0.4, -0.2) is 5.75 Å². The number of hydrogen-bond acceptors (Lipinski definition) is 2. The number of aryl methyl sites for hydroxylation is 1. The molecule has 18 heavy (non-hydrogen) atoms. The molecular formula is C15H14FNS. The van der Waals surface area contributed by atoms with Gasteiger partial charge in [-0.15, -0.1) is 11.8 Å². The Morgan fingerprint density at radius 2 is 2.00 bits per heavy atom. The van der Waals surface area contributed by atoms with E-state index in [2.05, 4.69) is 17.4 Å². The van der Waals surface area contributed by atoms with E-state index >= 15 is 0 Å². The fourth-order valence-corrected chi connectivity index (χ4v) is 3.43. The van der Waals surface area contributed by atoms with E-state index < -0.39 is 0 Å². The minimum Gasteiger partial charge on any atom is -0.375 e. The SMILES string of the molecule is Cc1cccc(F)c1NC1CSc2ccccc21. The van der Waals surface area contributed by atoms with Crippen LogP contribution < -0.4 is 5.32 Å². The number of rotatable bonds is 2. The van der Waals surface area contributed by atoms with E-state index in [1.807, 2.05) is 36.9 Å². The summed E-state index contributed by atoms with van der Waals surface area (Å²) in [5.74, 6) is 0.775. The van der Waals surface area contributed by atoms with Crippen LogP contribution in [0.1, 0.15) is 17.2 Å². The first-order chi connectivity index (χ1) is 8.75. The van der Waals surface area contributed by atoms with Gasteiger partial charge in [0, 0.05) is 10.6 Å². The second-order valence-electron chi connectivity index (χ2n) is 4.48. The molecule has 2 aromatic rings. The van der Waals surface area contributed by atoms with E-state index in [9.17, 15) is 4.39 Å². The van der Waals surface area contributed by atoms with Crippen molar-refractivity contribution in [2.75, 3.05) is 11.1 Å². The molecule has 0 saturated heterocycles. The van der Waals surface area contributed by atoms with E-state index in [1.54, 1.807) is 6.07 Å². The molecule has 0 aliphatic carbocycles. The average Bonchev–Trinajstić information content (AvgIpc) is 2.77. The maximum absolute atomic E-state index is 13.8. The minimum atomic E-state index is -0.176. The molecule has 2 aromatic carbocycles. The Hall–Kier alpha value is -1.48. The normalized spacial score (nSPS) is 17.6. The molecule has 0 radical (unpaired) electrons. The van der Waals surface area contributed by atoms with Gasteiger partial charge in [-0.05, 0) is 30.2 Å². The summed E-state index contributed by atoms with van der Waals surface area (Å²) in [5.41, 5.74) is 2.84. The van der Waals surface area contributed by atoms with Gasteiger partial charge in [-0.1, -0.05) is 30.3 Å². The van der Waals surface area contributed by atoms with Gasteiger partial charge in [0.25, 0.3) is 0 Å². The van der Waals surface area contributed by atoms with Crippen LogP contribution in [0.25, 0.3) is 0 Å². The van der Waals surface area contributed by atoms with Gasteiger partial charge in [-0.2, -0.15) is 0 Å². The zero-order valence-electron chi connectivity index (χ0n) is 10.1. The Morgan fingerprint density at radius 1 is 1.17 bits per heavy atom. The second kappa shape index (κ2) is 4.65. The Kier molecular flexibility index (Phi) is 3.00. The Labute approximate surface area is 110 Å². The van der Waals surface area contributed by atoms with E-state index in [4.69, 9.17) is 0 Å². The number of anilines is 1. The molecule has 0 saturated carbocycles. The monoisotopic (exact) mass is 259 g/mol. The zero-order valence-corrected chi connectivity index (χ0v) is 10.9. The lowest BCUT2D eigenvalue weighted by Gasteiger charge is -2.17. The summed E-state index contributed by atoms with van der Waals surface area (Å²) in [5, 5.41) is 3.34. The number of hydrogen-bond donors (Lipinski definition) is 1. The van der Waals surface area contributed by atoms with Crippen molar-refractivity contribution < 1.29 is 4.39 Å². The maximum Gasteiger partial charge on any atom is 0.146 e. The minimum absolute atomic E-state index is 0.176. The third-order valence-corrected chi connectivity index (χ3v) is 4.42. The summed E-state index contributed by atoms with van der Waals surface area (Å²) >= 11 is 1.82. The molecule has 1 heterocycles. The van der Waals surface area contributed by atoms with Gasteiger partial charge in [-0.25, -0.2) is 4.39 Å². The highest BCUT2D eigenvalue weighted by Gasteiger charge is 2.23. The van der Waals surface area contributed by atoms with Crippen molar-refractivity contribution >= 4 is 17.4 Å². The van der Waals surface area contributed by atoms with Crippen LogP contribution in [0.15, 0.2) is 47.4 Å².